The van der Waals surface area contributed by atoms with E-state index < -0.39 is 0 Å². The van der Waals surface area contributed by atoms with Crippen molar-refractivity contribution in [3.63, 3.8) is 0 Å². The maximum atomic E-state index is 11.6. The summed E-state index contributed by atoms with van der Waals surface area (Å²) < 4.78 is 5.25. The van der Waals surface area contributed by atoms with E-state index in [9.17, 15) is 4.79 Å². The molecule has 1 aromatic carbocycles. The summed E-state index contributed by atoms with van der Waals surface area (Å²) in [7, 11) is 0. The molecule has 6 nitrogen and oxygen atoms in total. The van der Waals surface area contributed by atoms with Gasteiger partial charge in [0.15, 0.2) is 5.84 Å². The maximum absolute atomic E-state index is 11.6. The lowest BCUT2D eigenvalue weighted by Gasteiger charge is -2.07. The van der Waals surface area contributed by atoms with Crippen LogP contribution in [-0.4, -0.2) is 30.2 Å². The normalized spacial score (nSPS) is 11.3. The van der Waals surface area contributed by atoms with E-state index in [0.717, 1.165) is 12.0 Å². The van der Waals surface area contributed by atoms with Gasteiger partial charge in [0.05, 0.1) is 6.61 Å². The van der Waals surface area contributed by atoms with Gasteiger partial charge in [0, 0.05) is 25.1 Å². The van der Waals surface area contributed by atoms with Crippen molar-refractivity contribution in [1.29, 1.82) is 0 Å². The Hall–Kier alpha value is -2.08. The van der Waals surface area contributed by atoms with Crippen LogP contribution < -0.4 is 11.1 Å². The molecule has 1 rings (SSSR count). The quantitative estimate of drug-likeness (QED) is 0.219. The van der Waals surface area contributed by atoms with Gasteiger partial charge in [-0.1, -0.05) is 30.3 Å². The molecule has 0 aliphatic heterocycles. The highest BCUT2D eigenvalue weighted by Crippen LogP contribution is 2.05. The second-order valence-corrected chi connectivity index (χ2v) is 4.32. The number of hydrogen-bond acceptors (Lipinski definition) is 4. The van der Waals surface area contributed by atoms with E-state index in [4.69, 9.17) is 15.7 Å². The molecule has 20 heavy (non-hydrogen) atoms. The third kappa shape index (κ3) is 5.71. The molecular formula is C14H21N3O3. The number of carbonyl (C=O) groups excluding carboxylic acids is 1. The van der Waals surface area contributed by atoms with Crippen LogP contribution in [0.3, 0.4) is 0 Å². The van der Waals surface area contributed by atoms with Crippen molar-refractivity contribution >= 4 is 11.7 Å². The van der Waals surface area contributed by atoms with Gasteiger partial charge < -0.3 is 21.0 Å². The molecule has 0 saturated carbocycles. The van der Waals surface area contributed by atoms with Gasteiger partial charge in [0.25, 0.3) is 0 Å². The minimum absolute atomic E-state index is 0.0474. The number of hydrogen-bond donors (Lipinski definition) is 3. The molecule has 1 amide bonds. The number of nitrogens with one attached hydrogen (secondary N) is 1. The predicted molar refractivity (Wildman–Crippen MR) is 76.5 cm³/mol. The average Bonchev–Trinajstić information content (AvgIpc) is 2.49. The molecule has 0 saturated heterocycles. The summed E-state index contributed by atoms with van der Waals surface area (Å²) >= 11 is 0. The lowest BCUT2D eigenvalue weighted by Crippen LogP contribution is -2.24. The SMILES string of the molecule is CCCOCCC(=O)NCc1cccc(C(N)=NO)c1. The highest BCUT2D eigenvalue weighted by atomic mass is 16.5. The van der Waals surface area contributed by atoms with Crippen molar-refractivity contribution in [2.75, 3.05) is 13.2 Å². The van der Waals surface area contributed by atoms with E-state index >= 15 is 0 Å². The largest absolute Gasteiger partial charge is 0.409 e. The molecule has 0 aliphatic carbocycles. The summed E-state index contributed by atoms with van der Waals surface area (Å²) in [5.41, 5.74) is 7.01. The Bertz CT molecular complexity index is 461. The van der Waals surface area contributed by atoms with Gasteiger partial charge in [-0.3, -0.25) is 4.79 Å². The second kappa shape index (κ2) is 8.92. The number of ether oxygens (including phenoxy) is 1. The molecule has 0 aromatic heterocycles. The van der Waals surface area contributed by atoms with Gasteiger partial charge >= 0.3 is 0 Å². The van der Waals surface area contributed by atoms with Gasteiger partial charge in [0.2, 0.25) is 5.91 Å². The second-order valence-electron chi connectivity index (χ2n) is 4.32. The first-order valence-corrected chi connectivity index (χ1v) is 6.58. The summed E-state index contributed by atoms with van der Waals surface area (Å²) in [6.07, 6.45) is 1.29. The molecule has 110 valence electrons. The Kier molecular flexibility index (Phi) is 7.13. The van der Waals surface area contributed by atoms with Crippen LogP contribution in [0.2, 0.25) is 0 Å². The Labute approximate surface area is 118 Å². The molecule has 0 bridgehead atoms. The van der Waals surface area contributed by atoms with E-state index in [2.05, 4.69) is 10.5 Å². The van der Waals surface area contributed by atoms with Crippen molar-refractivity contribution in [2.45, 2.75) is 26.3 Å². The van der Waals surface area contributed by atoms with Crippen molar-refractivity contribution < 1.29 is 14.7 Å². The van der Waals surface area contributed by atoms with E-state index in [0.29, 0.717) is 31.7 Å². The number of amides is 1. The molecule has 0 spiro atoms. The summed E-state index contributed by atoms with van der Waals surface area (Å²) in [4.78, 5) is 11.6. The standard InChI is InChI=1S/C14H21N3O3/c1-2-7-20-8-6-13(18)16-10-11-4-3-5-12(9-11)14(15)17-19/h3-5,9,19H,2,6-8,10H2,1H3,(H2,15,17)(H,16,18). The first-order valence-electron chi connectivity index (χ1n) is 6.58. The predicted octanol–water partition coefficient (Wildman–Crippen LogP) is 1.21. The molecular weight excluding hydrogens is 258 g/mol. The minimum atomic E-state index is -0.0599. The Morgan fingerprint density at radius 3 is 2.95 bits per heavy atom. The van der Waals surface area contributed by atoms with Crippen LogP contribution >= 0.6 is 0 Å². The summed E-state index contributed by atoms with van der Waals surface area (Å²) in [5, 5.41) is 14.4. The zero-order chi connectivity index (χ0) is 14.8. The number of oxime groups is 1. The van der Waals surface area contributed by atoms with Crippen LogP contribution in [0.15, 0.2) is 29.4 Å². The van der Waals surface area contributed by atoms with Crippen LogP contribution in [0, 0.1) is 0 Å². The molecule has 6 heteroatoms. The zero-order valence-electron chi connectivity index (χ0n) is 11.6. The number of nitrogens with two attached hydrogens (primary N) is 1. The highest BCUT2D eigenvalue weighted by molar-refractivity contribution is 5.97. The average molecular weight is 279 g/mol. The van der Waals surface area contributed by atoms with Crippen LogP contribution in [0.4, 0.5) is 0 Å². The molecule has 0 aliphatic rings. The monoisotopic (exact) mass is 279 g/mol. The van der Waals surface area contributed by atoms with Crippen molar-refractivity contribution in [1.82, 2.24) is 5.32 Å². The van der Waals surface area contributed by atoms with Crippen molar-refractivity contribution in [3.8, 4) is 0 Å². The summed E-state index contributed by atoms with van der Waals surface area (Å²) in [6.45, 7) is 3.53. The van der Waals surface area contributed by atoms with Crippen LogP contribution in [0.1, 0.15) is 30.9 Å². The molecule has 0 heterocycles. The Morgan fingerprint density at radius 1 is 1.45 bits per heavy atom. The Morgan fingerprint density at radius 2 is 2.25 bits per heavy atom. The number of rotatable bonds is 8. The van der Waals surface area contributed by atoms with Crippen LogP contribution in [0.25, 0.3) is 0 Å². The molecule has 4 N–H and O–H groups in total. The van der Waals surface area contributed by atoms with Gasteiger partial charge in [-0.15, -0.1) is 0 Å². The summed E-state index contributed by atoms with van der Waals surface area (Å²) in [5.74, 6) is -0.0126. The smallest absolute Gasteiger partial charge is 0.222 e. The first kappa shape index (κ1) is 16.0. The fraction of sp³-hybridized carbons (Fsp3) is 0.429. The van der Waals surface area contributed by atoms with Gasteiger partial charge in [-0.25, -0.2) is 0 Å². The highest BCUT2D eigenvalue weighted by Gasteiger charge is 2.03. The third-order valence-electron chi connectivity index (χ3n) is 2.64. The number of benzene rings is 1. The summed E-state index contributed by atoms with van der Waals surface area (Å²) in [6, 6.07) is 7.16. The lowest BCUT2D eigenvalue weighted by atomic mass is 10.1. The lowest BCUT2D eigenvalue weighted by molar-refractivity contribution is -0.122. The fourth-order valence-corrected chi connectivity index (χ4v) is 1.60. The van der Waals surface area contributed by atoms with Crippen molar-refractivity contribution in [2.24, 2.45) is 10.9 Å². The number of nitrogens with zero attached hydrogens (tertiary/aromatic N) is 1. The van der Waals surface area contributed by atoms with Crippen molar-refractivity contribution in [3.05, 3.63) is 35.4 Å². The number of carbonyl (C=O) groups is 1. The van der Waals surface area contributed by atoms with Gasteiger partial charge in [-0.2, -0.15) is 0 Å². The van der Waals surface area contributed by atoms with E-state index in [1.54, 1.807) is 18.2 Å². The van der Waals surface area contributed by atoms with Gasteiger partial charge in [-0.05, 0) is 18.1 Å². The molecule has 0 unspecified atom stereocenters. The minimum Gasteiger partial charge on any atom is -0.409 e. The van der Waals surface area contributed by atoms with Crippen LogP contribution in [0.5, 0.6) is 0 Å². The van der Waals surface area contributed by atoms with Crippen LogP contribution in [-0.2, 0) is 16.1 Å². The fourth-order valence-electron chi connectivity index (χ4n) is 1.60. The van der Waals surface area contributed by atoms with E-state index in [1.165, 1.54) is 0 Å². The zero-order valence-corrected chi connectivity index (χ0v) is 11.6. The maximum Gasteiger partial charge on any atom is 0.222 e. The van der Waals surface area contributed by atoms with E-state index in [1.807, 2.05) is 13.0 Å². The number of amidine groups is 1. The van der Waals surface area contributed by atoms with E-state index in [-0.39, 0.29) is 11.7 Å². The molecule has 0 radical (unpaired) electrons. The molecule has 0 atom stereocenters. The molecule has 1 aromatic rings. The van der Waals surface area contributed by atoms with Gasteiger partial charge in [0.1, 0.15) is 0 Å². The third-order valence-corrected chi connectivity index (χ3v) is 2.64. The molecule has 0 fully saturated rings. The first-order chi connectivity index (χ1) is 9.67. The topological polar surface area (TPSA) is 96.9 Å². The Balaban J connectivity index is 2.39.